The van der Waals surface area contributed by atoms with Crippen molar-refractivity contribution in [2.24, 2.45) is 5.92 Å². The minimum absolute atomic E-state index is 0.521. The van der Waals surface area contributed by atoms with Gasteiger partial charge < -0.3 is 0 Å². The van der Waals surface area contributed by atoms with Crippen LogP contribution in [-0.4, -0.2) is 0 Å². The van der Waals surface area contributed by atoms with Crippen LogP contribution >= 0.6 is 0 Å². The second-order valence-corrected chi connectivity index (χ2v) is 5.62. The summed E-state index contributed by atoms with van der Waals surface area (Å²) in [5, 5.41) is 0. The minimum atomic E-state index is 0.521. The van der Waals surface area contributed by atoms with E-state index in [2.05, 4.69) is 81.4 Å². The fraction of sp³-hybridized carbons (Fsp3) is 0.300. The second kappa shape index (κ2) is 7.09. The molecule has 2 aromatic rings. The maximum absolute atomic E-state index is 2.33. The molecule has 0 saturated carbocycles. The Hall–Kier alpha value is -1.82. The van der Waals surface area contributed by atoms with E-state index in [1.54, 1.807) is 0 Å². The van der Waals surface area contributed by atoms with Gasteiger partial charge in [-0.15, -0.1) is 0 Å². The molecule has 20 heavy (non-hydrogen) atoms. The van der Waals surface area contributed by atoms with Gasteiger partial charge in [0.05, 0.1) is 0 Å². The minimum Gasteiger partial charge on any atom is -0.0651 e. The van der Waals surface area contributed by atoms with E-state index in [0.29, 0.717) is 5.92 Å². The van der Waals surface area contributed by atoms with Crippen LogP contribution < -0.4 is 0 Å². The first-order valence-electron chi connectivity index (χ1n) is 7.56. The summed E-state index contributed by atoms with van der Waals surface area (Å²) in [4.78, 5) is 0. The molecule has 0 atom stereocenters. The highest BCUT2D eigenvalue weighted by Gasteiger charge is 2.06. The first-order chi connectivity index (χ1) is 9.70. The average Bonchev–Trinajstić information content (AvgIpc) is 2.46. The molecule has 0 N–H and O–H groups in total. The molecule has 0 aliphatic rings. The Morgan fingerprint density at radius 2 is 1.75 bits per heavy atom. The van der Waals surface area contributed by atoms with Crippen molar-refractivity contribution in [2.75, 3.05) is 0 Å². The molecule has 0 aliphatic heterocycles. The molecule has 0 spiro atoms. The second-order valence-electron chi connectivity index (χ2n) is 5.62. The molecule has 0 radical (unpaired) electrons. The Balaban J connectivity index is 2.36. The number of rotatable bonds is 5. The Morgan fingerprint density at radius 3 is 2.40 bits per heavy atom. The summed E-state index contributed by atoms with van der Waals surface area (Å²) in [6.07, 6.45) is 4.69. The number of benzene rings is 2. The monoisotopic (exact) mass is 264 g/mol. The number of hydrogen-bond acceptors (Lipinski definition) is 0. The molecule has 0 saturated heterocycles. The third-order valence-corrected chi connectivity index (χ3v) is 3.54. The molecule has 0 heterocycles. The van der Waals surface area contributed by atoms with Gasteiger partial charge in [-0.25, -0.2) is 0 Å². The molecule has 0 fully saturated rings. The van der Waals surface area contributed by atoms with E-state index >= 15 is 0 Å². The lowest BCUT2D eigenvalue weighted by Gasteiger charge is -2.12. The summed E-state index contributed by atoms with van der Waals surface area (Å²) in [5.74, 6) is 0.521. The Bertz CT molecular complexity index is 562. The van der Waals surface area contributed by atoms with Crippen LogP contribution in [-0.2, 0) is 6.42 Å². The maximum atomic E-state index is 2.33. The van der Waals surface area contributed by atoms with Crippen LogP contribution in [0.25, 0.3) is 11.6 Å². The molecule has 0 nitrogen and oxygen atoms in total. The van der Waals surface area contributed by atoms with E-state index in [0.717, 1.165) is 6.42 Å². The van der Waals surface area contributed by atoms with Crippen LogP contribution in [0.3, 0.4) is 0 Å². The molecule has 104 valence electrons. The standard InChI is InChI=1S/C20H24/c1-4-9-17-10-8-11-18(14-17)15-20(16(2)3)19-12-6-5-7-13-19/h5-8,10-16H,4,9H2,1-3H3/b20-15+. The summed E-state index contributed by atoms with van der Waals surface area (Å²) < 4.78 is 0. The summed E-state index contributed by atoms with van der Waals surface area (Å²) in [6.45, 7) is 6.75. The van der Waals surface area contributed by atoms with E-state index in [4.69, 9.17) is 0 Å². The van der Waals surface area contributed by atoms with Gasteiger partial charge in [-0.3, -0.25) is 0 Å². The van der Waals surface area contributed by atoms with Gasteiger partial charge in [0, 0.05) is 0 Å². The Labute approximate surface area is 123 Å². The van der Waals surface area contributed by atoms with Crippen molar-refractivity contribution in [3.63, 3.8) is 0 Å². The van der Waals surface area contributed by atoms with E-state index in [9.17, 15) is 0 Å². The van der Waals surface area contributed by atoms with Crippen LogP contribution in [0.1, 0.15) is 43.9 Å². The van der Waals surface area contributed by atoms with Crippen LogP contribution in [0.5, 0.6) is 0 Å². The summed E-state index contributed by atoms with van der Waals surface area (Å²) in [6, 6.07) is 19.6. The molecule has 0 bridgehead atoms. The lowest BCUT2D eigenvalue weighted by molar-refractivity contribution is 0.859. The first-order valence-corrected chi connectivity index (χ1v) is 7.56. The fourth-order valence-electron chi connectivity index (χ4n) is 2.52. The molecule has 0 amide bonds. The zero-order chi connectivity index (χ0) is 14.4. The summed E-state index contributed by atoms with van der Waals surface area (Å²) >= 11 is 0. The molecule has 0 unspecified atom stereocenters. The predicted octanol–water partition coefficient (Wildman–Crippen LogP) is 5.84. The third kappa shape index (κ3) is 3.84. The lowest BCUT2D eigenvalue weighted by atomic mass is 9.93. The van der Waals surface area contributed by atoms with E-state index in [1.807, 2.05) is 0 Å². The number of allylic oxidation sites excluding steroid dienone is 1. The number of hydrogen-bond donors (Lipinski definition) is 0. The van der Waals surface area contributed by atoms with Gasteiger partial charge in [-0.1, -0.05) is 87.9 Å². The van der Waals surface area contributed by atoms with Crippen molar-refractivity contribution < 1.29 is 0 Å². The normalized spacial score (nSPS) is 11.9. The van der Waals surface area contributed by atoms with Crippen molar-refractivity contribution in [2.45, 2.75) is 33.6 Å². The zero-order valence-corrected chi connectivity index (χ0v) is 12.8. The van der Waals surface area contributed by atoms with Crippen LogP contribution in [0, 0.1) is 5.92 Å². The SMILES string of the molecule is CCCc1cccc(/C=C(/c2ccccc2)C(C)C)c1. The fourth-order valence-corrected chi connectivity index (χ4v) is 2.52. The molecular formula is C20H24. The highest BCUT2D eigenvalue weighted by atomic mass is 14.1. The van der Waals surface area contributed by atoms with Crippen LogP contribution in [0.2, 0.25) is 0 Å². The zero-order valence-electron chi connectivity index (χ0n) is 12.8. The smallest absolute Gasteiger partial charge is 0.0213 e. The number of aryl methyl sites for hydroxylation is 1. The average molecular weight is 264 g/mol. The molecule has 0 aromatic heterocycles. The lowest BCUT2D eigenvalue weighted by Crippen LogP contribution is -1.94. The summed E-state index contributed by atoms with van der Waals surface area (Å²) in [5.41, 5.74) is 5.46. The van der Waals surface area contributed by atoms with Gasteiger partial charge in [0.15, 0.2) is 0 Å². The van der Waals surface area contributed by atoms with Crippen molar-refractivity contribution >= 4 is 11.6 Å². The molecule has 2 rings (SSSR count). The highest BCUT2D eigenvalue weighted by molar-refractivity contribution is 5.82. The highest BCUT2D eigenvalue weighted by Crippen LogP contribution is 2.26. The van der Waals surface area contributed by atoms with E-state index in [1.165, 1.54) is 28.7 Å². The van der Waals surface area contributed by atoms with Gasteiger partial charge in [0.25, 0.3) is 0 Å². The molecule has 0 heteroatoms. The van der Waals surface area contributed by atoms with E-state index < -0.39 is 0 Å². The van der Waals surface area contributed by atoms with Gasteiger partial charge in [-0.05, 0) is 34.6 Å². The van der Waals surface area contributed by atoms with Crippen molar-refractivity contribution in [3.05, 3.63) is 71.3 Å². The van der Waals surface area contributed by atoms with Gasteiger partial charge in [-0.2, -0.15) is 0 Å². The third-order valence-electron chi connectivity index (χ3n) is 3.54. The Kier molecular flexibility index (Phi) is 5.17. The van der Waals surface area contributed by atoms with Gasteiger partial charge >= 0.3 is 0 Å². The maximum Gasteiger partial charge on any atom is -0.0213 e. The van der Waals surface area contributed by atoms with Crippen LogP contribution in [0.15, 0.2) is 54.6 Å². The predicted molar refractivity (Wildman–Crippen MR) is 89.6 cm³/mol. The van der Waals surface area contributed by atoms with Gasteiger partial charge in [0.2, 0.25) is 0 Å². The quantitative estimate of drug-likeness (QED) is 0.595. The largest absolute Gasteiger partial charge is 0.0651 e. The van der Waals surface area contributed by atoms with Crippen molar-refractivity contribution in [1.29, 1.82) is 0 Å². The van der Waals surface area contributed by atoms with Gasteiger partial charge in [0.1, 0.15) is 0 Å². The topological polar surface area (TPSA) is 0 Å². The van der Waals surface area contributed by atoms with Crippen molar-refractivity contribution in [1.82, 2.24) is 0 Å². The summed E-state index contributed by atoms with van der Waals surface area (Å²) in [7, 11) is 0. The molecular weight excluding hydrogens is 240 g/mol. The molecule has 0 aliphatic carbocycles. The van der Waals surface area contributed by atoms with Crippen LogP contribution in [0.4, 0.5) is 0 Å². The van der Waals surface area contributed by atoms with Crippen molar-refractivity contribution in [3.8, 4) is 0 Å². The first kappa shape index (κ1) is 14.6. The molecule has 2 aromatic carbocycles. The Morgan fingerprint density at radius 1 is 1.00 bits per heavy atom. The van der Waals surface area contributed by atoms with E-state index in [-0.39, 0.29) is 0 Å².